The van der Waals surface area contributed by atoms with Crippen molar-refractivity contribution in [3.8, 4) is 11.5 Å². The summed E-state index contributed by atoms with van der Waals surface area (Å²) in [5.74, 6) is 2.06. The third-order valence-electron chi connectivity index (χ3n) is 3.77. The summed E-state index contributed by atoms with van der Waals surface area (Å²) in [5, 5.41) is 17.1. The van der Waals surface area contributed by atoms with Gasteiger partial charge in [0, 0.05) is 43.9 Å². The van der Waals surface area contributed by atoms with Crippen molar-refractivity contribution in [1.82, 2.24) is 10.6 Å². The second-order valence-electron chi connectivity index (χ2n) is 5.38. The van der Waals surface area contributed by atoms with Gasteiger partial charge < -0.3 is 20.1 Å². The van der Waals surface area contributed by atoms with E-state index in [1.54, 1.807) is 33.4 Å². The number of nitrogens with zero attached hydrogens (tertiary/aromatic N) is 2. The van der Waals surface area contributed by atoms with E-state index in [2.05, 4.69) is 15.6 Å². The molecule has 0 heterocycles. The Balaban J connectivity index is 1.92. The summed E-state index contributed by atoms with van der Waals surface area (Å²) in [6, 6.07) is 12.0. The summed E-state index contributed by atoms with van der Waals surface area (Å²) < 4.78 is 10.6. The molecule has 0 unspecified atom stereocenters. The maximum absolute atomic E-state index is 10.7. The summed E-state index contributed by atoms with van der Waals surface area (Å²) in [6.45, 7) is 1.02. The topological polar surface area (TPSA) is 98.0 Å². The summed E-state index contributed by atoms with van der Waals surface area (Å²) in [4.78, 5) is 14.4. The van der Waals surface area contributed by atoms with Crippen LogP contribution in [0, 0.1) is 10.1 Å². The van der Waals surface area contributed by atoms with Gasteiger partial charge in [0.05, 0.1) is 19.1 Å². The molecule has 0 bridgehead atoms. The van der Waals surface area contributed by atoms with Crippen LogP contribution in [0.15, 0.2) is 47.5 Å². The molecule has 2 aromatic carbocycles. The van der Waals surface area contributed by atoms with Crippen molar-refractivity contribution in [2.45, 2.75) is 13.1 Å². The van der Waals surface area contributed by atoms with Gasteiger partial charge in [0.2, 0.25) is 0 Å². The molecule has 0 aliphatic carbocycles. The molecule has 26 heavy (non-hydrogen) atoms. The quantitative estimate of drug-likeness (QED) is 0.341. The lowest BCUT2D eigenvalue weighted by Crippen LogP contribution is -2.36. The van der Waals surface area contributed by atoms with E-state index in [1.807, 2.05) is 18.2 Å². The van der Waals surface area contributed by atoms with Crippen LogP contribution < -0.4 is 20.1 Å². The van der Waals surface area contributed by atoms with Crippen LogP contribution in [-0.2, 0) is 13.1 Å². The maximum atomic E-state index is 10.7. The van der Waals surface area contributed by atoms with E-state index in [0.29, 0.717) is 19.0 Å². The van der Waals surface area contributed by atoms with Crippen LogP contribution in [-0.4, -0.2) is 32.2 Å². The SMILES string of the molecule is CN=C(NCc1ccc([N+](=O)[O-])cc1)NCc1ccc(OC)cc1OC. The van der Waals surface area contributed by atoms with E-state index in [4.69, 9.17) is 9.47 Å². The smallest absolute Gasteiger partial charge is 0.269 e. The Morgan fingerprint density at radius 3 is 2.35 bits per heavy atom. The molecular formula is C18H22N4O4. The van der Waals surface area contributed by atoms with E-state index in [1.165, 1.54) is 12.1 Å². The molecule has 8 nitrogen and oxygen atoms in total. The third-order valence-corrected chi connectivity index (χ3v) is 3.77. The number of benzene rings is 2. The molecule has 0 atom stereocenters. The predicted molar refractivity (Wildman–Crippen MR) is 99.7 cm³/mol. The first-order valence-electron chi connectivity index (χ1n) is 7.96. The van der Waals surface area contributed by atoms with Gasteiger partial charge in [-0.05, 0) is 17.7 Å². The van der Waals surface area contributed by atoms with Crippen LogP contribution in [0.1, 0.15) is 11.1 Å². The van der Waals surface area contributed by atoms with Crippen molar-refractivity contribution >= 4 is 11.6 Å². The van der Waals surface area contributed by atoms with Crippen LogP contribution in [0.25, 0.3) is 0 Å². The second kappa shape index (κ2) is 9.26. The summed E-state index contributed by atoms with van der Waals surface area (Å²) in [6.07, 6.45) is 0. The van der Waals surface area contributed by atoms with E-state index >= 15 is 0 Å². The molecule has 2 rings (SSSR count). The van der Waals surface area contributed by atoms with E-state index in [9.17, 15) is 10.1 Å². The minimum absolute atomic E-state index is 0.0721. The predicted octanol–water partition coefficient (Wildman–Crippen LogP) is 2.48. The molecule has 2 aromatic rings. The molecular weight excluding hydrogens is 336 g/mol. The molecule has 0 amide bonds. The monoisotopic (exact) mass is 358 g/mol. The zero-order valence-corrected chi connectivity index (χ0v) is 15.0. The van der Waals surface area contributed by atoms with E-state index in [-0.39, 0.29) is 5.69 Å². The zero-order chi connectivity index (χ0) is 18.9. The van der Waals surface area contributed by atoms with Crippen LogP contribution >= 0.6 is 0 Å². The highest BCUT2D eigenvalue weighted by Crippen LogP contribution is 2.24. The molecule has 138 valence electrons. The highest BCUT2D eigenvalue weighted by Gasteiger charge is 2.07. The van der Waals surface area contributed by atoms with Gasteiger partial charge in [0.1, 0.15) is 11.5 Å². The van der Waals surface area contributed by atoms with Gasteiger partial charge in [-0.1, -0.05) is 12.1 Å². The number of non-ortho nitro benzene ring substituents is 1. The van der Waals surface area contributed by atoms with Crippen molar-refractivity contribution in [3.05, 3.63) is 63.7 Å². The Kier molecular flexibility index (Phi) is 6.78. The van der Waals surface area contributed by atoms with Gasteiger partial charge in [0.25, 0.3) is 5.69 Å². The third kappa shape index (κ3) is 5.10. The van der Waals surface area contributed by atoms with Gasteiger partial charge in [0.15, 0.2) is 5.96 Å². The Morgan fingerprint density at radius 1 is 1.08 bits per heavy atom. The largest absolute Gasteiger partial charge is 0.497 e. The number of nitro groups is 1. The number of rotatable bonds is 7. The normalized spacial score (nSPS) is 11.0. The Morgan fingerprint density at radius 2 is 1.77 bits per heavy atom. The van der Waals surface area contributed by atoms with Gasteiger partial charge in [-0.15, -0.1) is 0 Å². The first-order valence-corrected chi connectivity index (χ1v) is 7.96. The number of ether oxygens (including phenoxy) is 2. The van der Waals surface area contributed by atoms with Crippen molar-refractivity contribution < 1.29 is 14.4 Å². The fourth-order valence-electron chi connectivity index (χ4n) is 2.32. The molecule has 0 spiro atoms. The number of methoxy groups -OCH3 is 2. The number of guanidine groups is 1. The fraction of sp³-hybridized carbons (Fsp3) is 0.278. The first kappa shape index (κ1) is 19.0. The van der Waals surface area contributed by atoms with Gasteiger partial charge in [-0.2, -0.15) is 0 Å². The number of aliphatic imine (C=N–C) groups is 1. The molecule has 0 fully saturated rings. The highest BCUT2D eigenvalue weighted by molar-refractivity contribution is 5.79. The Bertz CT molecular complexity index is 775. The molecule has 2 N–H and O–H groups in total. The van der Waals surface area contributed by atoms with Crippen molar-refractivity contribution in [2.24, 2.45) is 4.99 Å². The van der Waals surface area contributed by atoms with Crippen LogP contribution in [0.4, 0.5) is 5.69 Å². The first-order chi connectivity index (χ1) is 12.6. The van der Waals surface area contributed by atoms with E-state index in [0.717, 1.165) is 22.6 Å². The molecule has 8 heteroatoms. The minimum Gasteiger partial charge on any atom is -0.497 e. The van der Waals surface area contributed by atoms with Crippen LogP contribution in [0.3, 0.4) is 0 Å². The van der Waals surface area contributed by atoms with Crippen molar-refractivity contribution in [3.63, 3.8) is 0 Å². The Hall–Kier alpha value is -3.29. The minimum atomic E-state index is -0.417. The number of hydrogen-bond acceptors (Lipinski definition) is 5. The molecule has 0 saturated heterocycles. The standard InChI is InChI=1S/C18H22N4O4/c1-19-18(20-11-13-4-7-15(8-5-13)22(23)24)21-12-14-6-9-16(25-2)10-17(14)26-3/h4-10H,11-12H2,1-3H3,(H2,19,20,21). The van der Waals surface area contributed by atoms with Crippen LogP contribution in [0.5, 0.6) is 11.5 Å². The molecule has 0 saturated carbocycles. The summed E-state index contributed by atoms with van der Waals surface area (Å²) in [5.41, 5.74) is 1.95. The lowest BCUT2D eigenvalue weighted by Gasteiger charge is -2.14. The summed E-state index contributed by atoms with van der Waals surface area (Å²) in [7, 11) is 4.90. The van der Waals surface area contributed by atoms with Crippen molar-refractivity contribution in [2.75, 3.05) is 21.3 Å². The highest BCUT2D eigenvalue weighted by atomic mass is 16.6. The molecule has 0 aliphatic heterocycles. The van der Waals surface area contributed by atoms with Gasteiger partial charge >= 0.3 is 0 Å². The average molecular weight is 358 g/mol. The van der Waals surface area contributed by atoms with Gasteiger partial charge in [-0.3, -0.25) is 15.1 Å². The lowest BCUT2D eigenvalue weighted by atomic mass is 10.2. The average Bonchev–Trinajstić information content (AvgIpc) is 2.68. The van der Waals surface area contributed by atoms with E-state index < -0.39 is 4.92 Å². The van der Waals surface area contributed by atoms with Gasteiger partial charge in [-0.25, -0.2) is 0 Å². The van der Waals surface area contributed by atoms with Crippen molar-refractivity contribution in [1.29, 1.82) is 0 Å². The molecule has 0 aromatic heterocycles. The number of nitrogens with one attached hydrogen (secondary N) is 2. The molecule has 0 aliphatic rings. The zero-order valence-electron chi connectivity index (χ0n) is 15.0. The molecule has 0 radical (unpaired) electrons. The number of nitro benzene ring substituents is 1. The van der Waals surface area contributed by atoms with Crippen LogP contribution in [0.2, 0.25) is 0 Å². The maximum Gasteiger partial charge on any atom is 0.269 e. The second-order valence-corrected chi connectivity index (χ2v) is 5.38. The Labute approximate surface area is 152 Å². The number of hydrogen-bond donors (Lipinski definition) is 2. The summed E-state index contributed by atoms with van der Waals surface area (Å²) >= 11 is 0. The fourth-order valence-corrected chi connectivity index (χ4v) is 2.32. The lowest BCUT2D eigenvalue weighted by molar-refractivity contribution is -0.384.